The van der Waals surface area contributed by atoms with Crippen molar-refractivity contribution < 1.29 is 14.1 Å². The first kappa shape index (κ1) is 20.9. The van der Waals surface area contributed by atoms with Crippen molar-refractivity contribution in [3.63, 3.8) is 0 Å². The number of carbonyl (C=O) groups excluding carboxylic acids is 1. The molecular weight excluding hydrogens is 419 g/mol. The largest absolute Gasteiger partial charge is 0.343 e. The molecule has 0 radical (unpaired) electrons. The number of benzene rings is 2. The summed E-state index contributed by atoms with van der Waals surface area (Å²) in [5.74, 6) is -0.137. The normalized spacial score (nSPS) is 14.4. The lowest BCUT2D eigenvalue weighted by molar-refractivity contribution is -0.384. The van der Waals surface area contributed by atoms with E-state index in [1.165, 1.54) is 29.5 Å². The zero-order chi connectivity index (χ0) is 21.8. The van der Waals surface area contributed by atoms with Gasteiger partial charge in [0.15, 0.2) is 4.80 Å². The van der Waals surface area contributed by atoms with E-state index in [1.807, 2.05) is 14.8 Å². The van der Waals surface area contributed by atoms with Crippen LogP contribution in [0.1, 0.15) is 19.3 Å². The number of nitro groups is 1. The Bertz CT molecular complexity index is 1170. The van der Waals surface area contributed by atoms with Crippen LogP contribution in [0.2, 0.25) is 0 Å². The monoisotopic (exact) mass is 440 g/mol. The molecule has 1 aromatic heterocycles. The third kappa shape index (κ3) is 4.72. The Hall–Kier alpha value is -3.33. The predicted octanol–water partition coefficient (Wildman–Crippen LogP) is 4.51. The second-order valence-electron chi connectivity index (χ2n) is 7.26. The zero-order valence-corrected chi connectivity index (χ0v) is 17.6. The maximum absolute atomic E-state index is 13.4. The molecule has 0 bridgehead atoms. The fourth-order valence-electron chi connectivity index (χ4n) is 3.66. The molecule has 0 spiro atoms. The molecule has 1 fully saturated rings. The van der Waals surface area contributed by atoms with Crippen molar-refractivity contribution >= 4 is 28.6 Å². The fourth-order valence-corrected chi connectivity index (χ4v) is 4.61. The summed E-state index contributed by atoms with van der Waals surface area (Å²) in [5, 5.41) is 13.3. The number of halogens is 1. The molecule has 1 aliphatic heterocycles. The van der Waals surface area contributed by atoms with Gasteiger partial charge in [0.25, 0.3) is 5.69 Å². The maximum Gasteiger partial charge on any atom is 0.294 e. The Balaban J connectivity index is 1.70. The van der Waals surface area contributed by atoms with E-state index >= 15 is 0 Å². The Morgan fingerprint density at radius 1 is 1.13 bits per heavy atom. The zero-order valence-electron chi connectivity index (χ0n) is 16.7. The molecule has 4 rings (SSSR count). The van der Waals surface area contributed by atoms with Crippen molar-refractivity contribution in [1.29, 1.82) is 0 Å². The number of nitro benzene ring substituents is 1. The molecule has 9 heteroatoms. The highest BCUT2D eigenvalue weighted by Crippen LogP contribution is 2.27. The molecule has 2 heterocycles. The number of thiazole rings is 1. The first-order valence-corrected chi connectivity index (χ1v) is 10.9. The summed E-state index contributed by atoms with van der Waals surface area (Å²) in [6.07, 6.45) is 2.22. The van der Waals surface area contributed by atoms with E-state index in [-0.39, 0.29) is 23.1 Å². The standard InChI is InChI=1S/C22H21FN4O3S/c23-17-10-8-16(9-11-17)20-15-31-22(24-18-5-1-2-6-19(18)27(29)30)26(20)14-4-13-25-12-3-7-21(25)28/h1-2,5-6,8-11,15H,3-4,7,12-14H2. The molecule has 1 amide bonds. The minimum absolute atomic E-state index is 0.0616. The van der Waals surface area contributed by atoms with Crippen LogP contribution in [0, 0.1) is 15.9 Å². The van der Waals surface area contributed by atoms with Crippen LogP contribution in [0.4, 0.5) is 15.8 Å². The molecule has 1 aliphatic rings. The van der Waals surface area contributed by atoms with Gasteiger partial charge in [-0.05, 0) is 48.7 Å². The highest BCUT2D eigenvalue weighted by molar-refractivity contribution is 7.07. The van der Waals surface area contributed by atoms with Gasteiger partial charge in [-0.1, -0.05) is 12.1 Å². The summed E-state index contributed by atoms with van der Waals surface area (Å²) in [6, 6.07) is 12.6. The molecule has 1 saturated heterocycles. The number of amides is 1. The van der Waals surface area contributed by atoms with Crippen LogP contribution in [-0.2, 0) is 11.3 Å². The summed E-state index contributed by atoms with van der Waals surface area (Å²) >= 11 is 1.37. The Morgan fingerprint density at radius 2 is 1.90 bits per heavy atom. The van der Waals surface area contributed by atoms with Gasteiger partial charge < -0.3 is 9.47 Å². The van der Waals surface area contributed by atoms with E-state index in [2.05, 4.69) is 4.99 Å². The molecule has 0 aliphatic carbocycles. The van der Waals surface area contributed by atoms with Gasteiger partial charge in [-0.2, -0.15) is 0 Å². The first-order valence-electron chi connectivity index (χ1n) is 10.0. The lowest BCUT2D eigenvalue weighted by atomic mass is 10.1. The maximum atomic E-state index is 13.4. The number of para-hydroxylation sites is 2. The van der Waals surface area contributed by atoms with Crippen LogP contribution in [0.3, 0.4) is 0 Å². The van der Waals surface area contributed by atoms with Crippen molar-refractivity contribution in [2.45, 2.75) is 25.8 Å². The van der Waals surface area contributed by atoms with E-state index in [1.54, 1.807) is 30.3 Å². The molecular formula is C22H21FN4O3S. The van der Waals surface area contributed by atoms with Crippen molar-refractivity contribution in [2.24, 2.45) is 4.99 Å². The highest BCUT2D eigenvalue weighted by atomic mass is 32.1. The number of aromatic nitrogens is 1. The van der Waals surface area contributed by atoms with E-state index in [0.717, 1.165) is 30.6 Å². The smallest absolute Gasteiger partial charge is 0.294 e. The summed E-state index contributed by atoms with van der Waals surface area (Å²) in [5.41, 5.74) is 1.91. The summed E-state index contributed by atoms with van der Waals surface area (Å²) in [6.45, 7) is 2.01. The van der Waals surface area contributed by atoms with Crippen LogP contribution in [-0.4, -0.2) is 33.4 Å². The molecule has 0 atom stereocenters. The van der Waals surface area contributed by atoms with Gasteiger partial charge in [0.05, 0.1) is 10.6 Å². The molecule has 2 aromatic carbocycles. The Kier molecular flexibility index (Phi) is 6.22. The molecule has 7 nitrogen and oxygen atoms in total. The van der Waals surface area contributed by atoms with Gasteiger partial charge in [-0.25, -0.2) is 9.38 Å². The lowest BCUT2D eigenvalue weighted by Gasteiger charge is -2.16. The van der Waals surface area contributed by atoms with Crippen molar-refractivity contribution in [2.75, 3.05) is 13.1 Å². The Morgan fingerprint density at radius 3 is 2.61 bits per heavy atom. The van der Waals surface area contributed by atoms with E-state index in [0.29, 0.717) is 24.3 Å². The van der Waals surface area contributed by atoms with Crippen molar-refractivity contribution in [1.82, 2.24) is 9.47 Å². The Labute approximate surface area is 182 Å². The molecule has 0 saturated carbocycles. The first-order chi connectivity index (χ1) is 15.0. The number of hydrogen-bond acceptors (Lipinski definition) is 5. The van der Waals surface area contributed by atoms with Crippen LogP contribution >= 0.6 is 11.3 Å². The second-order valence-corrected chi connectivity index (χ2v) is 8.09. The minimum atomic E-state index is -0.448. The third-order valence-corrected chi connectivity index (χ3v) is 6.08. The number of carbonyl (C=O) groups is 1. The number of rotatable bonds is 7. The minimum Gasteiger partial charge on any atom is -0.343 e. The number of nitrogens with zero attached hydrogens (tertiary/aromatic N) is 4. The van der Waals surface area contributed by atoms with E-state index in [9.17, 15) is 19.3 Å². The summed E-state index contributed by atoms with van der Waals surface area (Å²) in [7, 11) is 0. The van der Waals surface area contributed by atoms with Gasteiger partial charge in [-0.15, -0.1) is 11.3 Å². The average molecular weight is 441 g/mol. The summed E-state index contributed by atoms with van der Waals surface area (Å²) < 4.78 is 15.4. The van der Waals surface area contributed by atoms with E-state index in [4.69, 9.17) is 0 Å². The van der Waals surface area contributed by atoms with Crippen LogP contribution < -0.4 is 4.80 Å². The average Bonchev–Trinajstić information content (AvgIpc) is 3.35. The number of likely N-dealkylation sites (tertiary alicyclic amines) is 1. The van der Waals surface area contributed by atoms with Crippen LogP contribution in [0.25, 0.3) is 11.3 Å². The fraction of sp³-hybridized carbons (Fsp3) is 0.273. The highest BCUT2D eigenvalue weighted by Gasteiger charge is 2.20. The van der Waals surface area contributed by atoms with Gasteiger partial charge in [0.2, 0.25) is 5.91 Å². The topological polar surface area (TPSA) is 80.7 Å². The van der Waals surface area contributed by atoms with Crippen LogP contribution in [0.5, 0.6) is 0 Å². The van der Waals surface area contributed by atoms with Crippen molar-refractivity contribution in [3.05, 3.63) is 74.6 Å². The quantitative estimate of drug-likeness (QED) is 0.400. The molecule has 31 heavy (non-hydrogen) atoms. The second kappa shape index (κ2) is 9.22. The molecule has 3 aromatic rings. The lowest BCUT2D eigenvalue weighted by Crippen LogP contribution is -2.27. The van der Waals surface area contributed by atoms with Crippen molar-refractivity contribution in [3.8, 4) is 11.3 Å². The van der Waals surface area contributed by atoms with Crippen LogP contribution in [0.15, 0.2) is 58.9 Å². The summed E-state index contributed by atoms with van der Waals surface area (Å²) in [4.78, 5) is 29.9. The molecule has 0 N–H and O–H groups in total. The van der Waals surface area contributed by atoms with Gasteiger partial charge in [0, 0.05) is 37.5 Å². The van der Waals surface area contributed by atoms with E-state index < -0.39 is 4.92 Å². The van der Waals surface area contributed by atoms with Gasteiger partial charge in [-0.3, -0.25) is 14.9 Å². The van der Waals surface area contributed by atoms with Gasteiger partial charge in [0.1, 0.15) is 11.5 Å². The number of hydrogen-bond donors (Lipinski definition) is 0. The molecule has 0 unspecified atom stereocenters. The molecule has 160 valence electrons. The van der Waals surface area contributed by atoms with Gasteiger partial charge >= 0.3 is 0 Å². The third-order valence-electron chi connectivity index (χ3n) is 5.21. The SMILES string of the molecule is O=C1CCCN1CCCn1c(-c2ccc(F)cc2)csc1=Nc1ccccc1[N+](=O)[O-]. The predicted molar refractivity (Wildman–Crippen MR) is 116 cm³/mol.